The average Bonchev–Trinajstić information content (AvgIpc) is 2.54. The summed E-state index contributed by atoms with van der Waals surface area (Å²) in [5, 5.41) is 2.91. The zero-order valence-corrected chi connectivity index (χ0v) is 15.6. The van der Waals surface area contributed by atoms with Crippen molar-refractivity contribution in [3.8, 4) is 5.75 Å². The van der Waals surface area contributed by atoms with Crippen molar-refractivity contribution in [3.05, 3.63) is 29.8 Å². The van der Waals surface area contributed by atoms with Crippen LogP contribution in [0.25, 0.3) is 0 Å². The Bertz CT molecular complexity index is 561. The van der Waals surface area contributed by atoms with Crippen LogP contribution in [0.4, 0.5) is 4.79 Å². The van der Waals surface area contributed by atoms with Crippen LogP contribution < -0.4 is 15.8 Å². The van der Waals surface area contributed by atoms with Crippen LogP contribution in [0, 0.1) is 0 Å². The molecule has 0 saturated heterocycles. The van der Waals surface area contributed by atoms with Gasteiger partial charge in [0.1, 0.15) is 11.4 Å². The molecule has 0 spiro atoms. The molecule has 6 heteroatoms. The molecular formula is C19H30N2O4. The molecule has 0 atom stereocenters. The van der Waals surface area contributed by atoms with Crippen LogP contribution in [0.2, 0.25) is 0 Å². The molecule has 1 aliphatic carbocycles. The molecule has 2 amide bonds. The molecule has 6 nitrogen and oxygen atoms in total. The standard InChI is InChI=1S/C11H21NO2.C8H9NO2/c1-11(2,3)14-10(13)12-9-7-5-4-6-8-9;1-11-7-4-2-3-6(5-7)8(9)10/h9H,4-8H2,1-3H3,(H,12,13);2-5H,1H3,(H2,9,10). The van der Waals surface area contributed by atoms with Gasteiger partial charge in [-0.3, -0.25) is 4.79 Å². The Morgan fingerprint density at radius 1 is 1.16 bits per heavy atom. The number of benzene rings is 1. The lowest BCUT2D eigenvalue weighted by Gasteiger charge is -2.25. The van der Waals surface area contributed by atoms with Crippen molar-refractivity contribution < 1.29 is 19.1 Å². The molecule has 0 heterocycles. The molecule has 0 radical (unpaired) electrons. The predicted molar refractivity (Wildman–Crippen MR) is 97.8 cm³/mol. The van der Waals surface area contributed by atoms with E-state index in [1.807, 2.05) is 20.8 Å². The largest absolute Gasteiger partial charge is 0.497 e. The summed E-state index contributed by atoms with van der Waals surface area (Å²) in [6, 6.07) is 7.05. The molecule has 0 aromatic heterocycles. The van der Waals surface area contributed by atoms with Crippen molar-refractivity contribution in [1.82, 2.24) is 5.32 Å². The first-order valence-electron chi connectivity index (χ1n) is 8.64. The Morgan fingerprint density at radius 2 is 1.80 bits per heavy atom. The monoisotopic (exact) mass is 350 g/mol. The van der Waals surface area contributed by atoms with Gasteiger partial charge in [0, 0.05) is 11.6 Å². The predicted octanol–water partition coefficient (Wildman–Crippen LogP) is 3.64. The van der Waals surface area contributed by atoms with Gasteiger partial charge in [0.2, 0.25) is 5.91 Å². The number of nitrogens with two attached hydrogens (primary N) is 1. The van der Waals surface area contributed by atoms with Gasteiger partial charge < -0.3 is 20.5 Å². The Balaban J connectivity index is 0.000000257. The van der Waals surface area contributed by atoms with Crippen LogP contribution in [0.3, 0.4) is 0 Å². The van der Waals surface area contributed by atoms with E-state index in [1.165, 1.54) is 19.3 Å². The molecule has 3 N–H and O–H groups in total. The van der Waals surface area contributed by atoms with Crippen LogP contribution in [-0.2, 0) is 4.74 Å². The first-order chi connectivity index (χ1) is 11.7. The van der Waals surface area contributed by atoms with E-state index in [0.29, 0.717) is 17.4 Å². The summed E-state index contributed by atoms with van der Waals surface area (Å²) in [6.07, 6.45) is 5.66. The van der Waals surface area contributed by atoms with Gasteiger partial charge in [0.05, 0.1) is 7.11 Å². The van der Waals surface area contributed by atoms with Crippen molar-refractivity contribution in [2.75, 3.05) is 7.11 Å². The number of hydrogen-bond donors (Lipinski definition) is 2. The minimum atomic E-state index is -0.441. The molecule has 0 aliphatic heterocycles. The molecule has 0 unspecified atom stereocenters. The van der Waals surface area contributed by atoms with E-state index in [4.69, 9.17) is 15.2 Å². The average molecular weight is 350 g/mol. The third kappa shape index (κ3) is 8.98. The van der Waals surface area contributed by atoms with Crippen LogP contribution in [0.15, 0.2) is 24.3 Å². The van der Waals surface area contributed by atoms with E-state index in [1.54, 1.807) is 31.4 Å². The molecule has 1 fully saturated rings. The highest BCUT2D eigenvalue weighted by Gasteiger charge is 2.20. The van der Waals surface area contributed by atoms with Gasteiger partial charge in [0.15, 0.2) is 0 Å². The number of rotatable bonds is 3. The molecule has 0 bridgehead atoms. The van der Waals surface area contributed by atoms with Gasteiger partial charge in [-0.25, -0.2) is 4.79 Å². The number of hydrogen-bond acceptors (Lipinski definition) is 4. The maximum Gasteiger partial charge on any atom is 0.407 e. The van der Waals surface area contributed by atoms with Gasteiger partial charge in [-0.2, -0.15) is 0 Å². The smallest absolute Gasteiger partial charge is 0.407 e. The Kier molecular flexibility index (Phi) is 8.25. The zero-order chi connectivity index (χ0) is 18.9. The maximum absolute atomic E-state index is 11.4. The Morgan fingerprint density at radius 3 is 2.32 bits per heavy atom. The molecule has 25 heavy (non-hydrogen) atoms. The molecule has 2 rings (SSSR count). The molecule has 1 aromatic rings. The molecule has 140 valence electrons. The lowest BCUT2D eigenvalue weighted by atomic mass is 9.96. The van der Waals surface area contributed by atoms with E-state index >= 15 is 0 Å². The second kappa shape index (κ2) is 9.91. The van der Waals surface area contributed by atoms with Gasteiger partial charge >= 0.3 is 6.09 Å². The first kappa shape index (κ1) is 20.8. The second-order valence-electron chi connectivity index (χ2n) is 7.08. The van der Waals surface area contributed by atoms with E-state index < -0.39 is 11.5 Å². The van der Waals surface area contributed by atoms with Crippen LogP contribution in [-0.4, -0.2) is 30.8 Å². The molecule has 1 saturated carbocycles. The topological polar surface area (TPSA) is 90.7 Å². The summed E-state index contributed by atoms with van der Waals surface area (Å²) in [4.78, 5) is 22.0. The summed E-state index contributed by atoms with van der Waals surface area (Å²) < 4.78 is 10.1. The fourth-order valence-corrected chi connectivity index (χ4v) is 2.50. The van der Waals surface area contributed by atoms with E-state index in [0.717, 1.165) is 12.8 Å². The van der Waals surface area contributed by atoms with E-state index in [9.17, 15) is 9.59 Å². The Labute approximate surface area is 150 Å². The third-order valence-corrected chi connectivity index (χ3v) is 3.68. The van der Waals surface area contributed by atoms with Gasteiger partial charge in [-0.15, -0.1) is 0 Å². The zero-order valence-electron chi connectivity index (χ0n) is 15.6. The van der Waals surface area contributed by atoms with Crippen molar-refractivity contribution in [2.24, 2.45) is 5.73 Å². The van der Waals surface area contributed by atoms with Crippen LogP contribution in [0.5, 0.6) is 5.75 Å². The quantitative estimate of drug-likeness (QED) is 0.871. The fraction of sp³-hybridized carbons (Fsp3) is 0.579. The normalized spacial score (nSPS) is 14.7. The maximum atomic E-state index is 11.4. The molecule has 1 aromatic carbocycles. The molecular weight excluding hydrogens is 320 g/mol. The lowest BCUT2D eigenvalue weighted by Crippen LogP contribution is -2.39. The first-order valence-corrected chi connectivity index (χ1v) is 8.64. The SMILES string of the molecule is CC(C)(C)OC(=O)NC1CCCCC1.COc1cccc(C(N)=O)c1. The minimum absolute atomic E-state index is 0.274. The van der Waals surface area contributed by atoms with Crippen molar-refractivity contribution in [1.29, 1.82) is 0 Å². The molecule has 1 aliphatic rings. The van der Waals surface area contributed by atoms with Gasteiger partial charge in [-0.1, -0.05) is 25.3 Å². The van der Waals surface area contributed by atoms with E-state index in [2.05, 4.69) is 5.32 Å². The number of primary amides is 1. The number of methoxy groups -OCH3 is 1. The number of carbonyl (C=O) groups is 2. The highest BCUT2D eigenvalue weighted by Crippen LogP contribution is 2.18. The number of carbonyl (C=O) groups excluding carboxylic acids is 2. The summed E-state index contributed by atoms with van der Waals surface area (Å²) >= 11 is 0. The van der Waals surface area contributed by atoms with Gasteiger partial charge in [-0.05, 0) is 51.8 Å². The van der Waals surface area contributed by atoms with Crippen molar-refractivity contribution in [3.63, 3.8) is 0 Å². The fourth-order valence-electron chi connectivity index (χ4n) is 2.50. The third-order valence-electron chi connectivity index (χ3n) is 3.68. The summed E-state index contributed by atoms with van der Waals surface area (Å²) in [5.74, 6) is 0.199. The summed E-state index contributed by atoms with van der Waals surface area (Å²) in [6.45, 7) is 5.65. The van der Waals surface area contributed by atoms with Crippen molar-refractivity contribution in [2.45, 2.75) is 64.5 Å². The number of nitrogens with one attached hydrogen (secondary N) is 1. The second-order valence-corrected chi connectivity index (χ2v) is 7.08. The van der Waals surface area contributed by atoms with Crippen molar-refractivity contribution >= 4 is 12.0 Å². The minimum Gasteiger partial charge on any atom is -0.497 e. The number of ether oxygens (including phenoxy) is 2. The summed E-state index contributed by atoms with van der Waals surface area (Å²) in [5.41, 5.74) is 5.12. The summed E-state index contributed by atoms with van der Waals surface area (Å²) in [7, 11) is 1.54. The number of alkyl carbamates (subject to hydrolysis) is 1. The number of amides is 2. The lowest BCUT2D eigenvalue weighted by molar-refractivity contribution is 0.0493. The highest BCUT2D eigenvalue weighted by atomic mass is 16.6. The van der Waals surface area contributed by atoms with Gasteiger partial charge in [0.25, 0.3) is 0 Å². The van der Waals surface area contributed by atoms with E-state index in [-0.39, 0.29) is 6.09 Å². The highest BCUT2D eigenvalue weighted by molar-refractivity contribution is 5.93. The van der Waals surface area contributed by atoms with Crippen LogP contribution in [0.1, 0.15) is 63.2 Å². The Hall–Kier alpha value is -2.24. The van der Waals surface area contributed by atoms with Crippen LogP contribution >= 0.6 is 0 Å².